The van der Waals surface area contributed by atoms with Gasteiger partial charge in [-0.3, -0.25) is 0 Å². The molecular weight excluding hydrogens is 244 g/mol. The second kappa shape index (κ2) is 4.48. The lowest BCUT2D eigenvalue weighted by molar-refractivity contribution is -0.159. The second-order valence-electron chi connectivity index (χ2n) is 9.05. The molecule has 0 saturated heterocycles. The highest BCUT2D eigenvalue weighted by Gasteiger charge is 2.59. The summed E-state index contributed by atoms with van der Waals surface area (Å²) in [4.78, 5) is 0. The molecule has 4 saturated carbocycles. The summed E-state index contributed by atoms with van der Waals surface area (Å²) in [7, 11) is 0. The molecule has 0 radical (unpaired) electrons. The molecule has 0 aliphatic heterocycles. The van der Waals surface area contributed by atoms with Gasteiger partial charge in [0, 0.05) is 0 Å². The van der Waals surface area contributed by atoms with Crippen LogP contribution >= 0.6 is 0 Å². The van der Waals surface area contributed by atoms with Gasteiger partial charge in [-0.15, -0.1) is 0 Å². The Kier molecular flexibility index (Phi) is 3.05. The Labute approximate surface area is 124 Å². The topological polar surface area (TPSA) is 20.2 Å². The summed E-state index contributed by atoms with van der Waals surface area (Å²) in [5.41, 5.74) is 0.912. The summed E-state index contributed by atoms with van der Waals surface area (Å²) in [5.74, 6) is 3.56. The highest BCUT2D eigenvalue weighted by atomic mass is 16.3. The van der Waals surface area contributed by atoms with Crippen molar-refractivity contribution in [1.29, 1.82) is 0 Å². The maximum atomic E-state index is 10.8. The Morgan fingerprint density at radius 2 is 1.65 bits per heavy atom. The van der Waals surface area contributed by atoms with Crippen LogP contribution in [0, 0.1) is 34.5 Å². The maximum Gasteiger partial charge on any atom is 0.0599 e. The van der Waals surface area contributed by atoms with E-state index in [1.165, 1.54) is 57.8 Å². The molecule has 0 heterocycles. The van der Waals surface area contributed by atoms with Crippen molar-refractivity contribution < 1.29 is 5.11 Å². The number of rotatable bonds is 0. The average Bonchev–Trinajstić information content (AvgIpc) is 2.82. The molecule has 2 unspecified atom stereocenters. The van der Waals surface area contributed by atoms with E-state index in [9.17, 15) is 5.11 Å². The van der Waals surface area contributed by atoms with Gasteiger partial charge in [0.15, 0.2) is 0 Å². The zero-order valence-electron chi connectivity index (χ0n) is 13.4. The van der Waals surface area contributed by atoms with Crippen LogP contribution in [0.2, 0.25) is 0 Å². The van der Waals surface area contributed by atoms with Crippen LogP contribution in [-0.2, 0) is 0 Å². The minimum atomic E-state index is -0.0141. The second-order valence-corrected chi connectivity index (χ2v) is 9.05. The van der Waals surface area contributed by atoms with Gasteiger partial charge in [-0.2, -0.15) is 0 Å². The lowest BCUT2D eigenvalue weighted by Gasteiger charge is -2.61. The predicted molar refractivity (Wildman–Crippen MR) is 82.4 cm³/mol. The van der Waals surface area contributed by atoms with Gasteiger partial charge in [-0.05, 0) is 85.9 Å². The van der Waals surface area contributed by atoms with Crippen LogP contribution in [0.5, 0.6) is 0 Å². The minimum Gasteiger partial charge on any atom is -0.393 e. The quantitative estimate of drug-likeness (QED) is 0.675. The third-order valence-electron chi connectivity index (χ3n) is 8.49. The van der Waals surface area contributed by atoms with Gasteiger partial charge < -0.3 is 5.11 Å². The van der Waals surface area contributed by atoms with Crippen LogP contribution in [-0.4, -0.2) is 11.2 Å². The number of aliphatic hydroxyl groups excluding tert-OH is 1. The van der Waals surface area contributed by atoms with Crippen molar-refractivity contribution in [3.63, 3.8) is 0 Å². The predicted octanol–water partition coefficient (Wildman–Crippen LogP) is 4.78. The number of hydrogen-bond donors (Lipinski definition) is 1. The number of hydrogen-bond acceptors (Lipinski definition) is 1. The Morgan fingerprint density at radius 1 is 0.800 bits per heavy atom. The first-order valence-electron chi connectivity index (χ1n) is 9.24. The van der Waals surface area contributed by atoms with Crippen LogP contribution in [0.4, 0.5) is 0 Å². The molecule has 4 rings (SSSR count). The van der Waals surface area contributed by atoms with Gasteiger partial charge in [0.2, 0.25) is 0 Å². The van der Waals surface area contributed by atoms with Crippen molar-refractivity contribution in [1.82, 2.24) is 0 Å². The van der Waals surface area contributed by atoms with Gasteiger partial charge in [0.05, 0.1) is 6.10 Å². The van der Waals surface area contributed by atoms with Gasteiger partial charge in [0.1, 0.15) is 0 Å². The Morgan fingerprint density at radius 3 is 2.50 bits per heavy atom. The summed E-state index contributed by atoms with van der Waals surface area (Å²) >= 11 is 0. The molecule has 1 N–H and O–H groups in total. The summed E-state index contributed by atoms with van der Waals surface area (Å²) < 4.78 is 0. The molecule has 0 aromatic heterocycles. The van der Waals surface area contributed by atoms with E-state index in [4.69, 9.17) is 0 Å². The molecule has 114 valence electrons. The van der Waals surface area contributed by atoms with Crippen molar-refractivity contribution in [3.8, 4) is 0 Å². The first kappa shape index (κ1) is 13.6. The van der Waals surface area contributed by atoms with E-state index in [2.05, 4.69) is 13.8 Å². The fourth-order valence-corrected chi connectivity index (χ4v) is 7.31. The van der Waals surface area contributed by atoms with Gasteiger partial charge >= 0.3 is 0 Å². The van der Waals surface area contributed by atoms with Crippen LogP contribution in [0.3, 0.4) is 0 Å². The molecule has 1 nitrogen and oxygen atoms in total. The summed E-state index contributed by atoms with van der Waals surface area (Å²) in [6.07, 6.45) is 13.8. The van der Waals surface area contributed by atoms with E-state index < -0.39 is 0 Å². The first-order chi connectivity index (χ1) is 9.56. The summed E-state index contributed by atoms with van der Waals surface area (Å²) in [6.45, 7) is 5.04. The van der Waals surface area contributed by atoms with E-state index in [1.807, 2.05) is 0 Å². The smallest absolute Gasteiger partial charge is 0.0599 e. The van der Waals surface area contributed by atoms with E-state index >= 15 is 0 Å². The third kappa shape index (κ3) is 1.65. The Hall–Kier alpha value is -0.0400. The third-order valence-corrected chi connectivity index (χ3v) is 8.49. The van der Waals surface area contributed by atoms with E-state index in [1.54, 1.807) is 0 Å². The van der Waals surface area contributed by atoms with Gasteiger partial charge in [-0.1, -0.05) is 26.7 Å². The van der Waals surface area contributed by atoms with Crippen molar-refractivity contribution in [2.24, 2.45) is 34.5 Å². The van der Waals surface area contributed by atoms with Crippen LogP contribution in [0.25, 0.3) is 0 Å². The van der Waals surface area contributed by atoms with Crippen molar-refractivity contribution in [2.45, 2.75) is 84.2 Å². The van der Waals surface area contributed by atoms with E-state index in [-0.39, 0.29) is 11.5 Å². The standard InChI is InChI=1S/C19H32O/c1-18-11-4-6-15(18)14-9-8-13-5-3-7-17(20)19(13,2)16(14)10-12-18/h13-17,20H,3-12H2,1-2H3/t13?,14-,15-,16-,17?,18-,19-/m0/s1. The largest absolute Gasteiger partial charge is 0.393 e. The molecule has 0 aromatic rings. The summed E-state index contributed by atoms with van der Waals surface area (Å²) in [6, 6.07) is 0. The molecule has 0 spiro atoms. The Bertz CT molecular complexity index is 391. The molecule has 7 atom stereocenters. The van der Waals surface area contributed by atoms with Crippen molar-refractivity contribution >= 4 is 0 Å². The SMILES string of the molecule is C[C@@]12CCC[C@H]1[C@@H]1CCC3CCCC(O)[C@]3(C)[C@H]1CC2. The molecule has 0 amide bonds. The van der Waals surface area contributed by atoms with Crippen molar-refractivity contribution in [3.05, 3.63) is 0 Å². The molecule has 4 aliphatic rings. The summed E-state index contributed by atoms with van der Waals surface area (Å²) in [5, 5.41) is 10.8. The maximum absolute atomic E-state index is 10.8. The fourth-order valence-electron chi connectivity index (χ4n) is 7.31. The zero-order valence-corrected chi connectivity index (χ0v) is 13.4. The first-order valence-corrected chi connectivity index (χ1v) is 9.24. The molecule has 20 heavy (non-hydrogen) atoms. The molecule has 0 aromatic carbocycles. The fraction of sp³-hybridized carbons (Fsp3) is 1.00. The molecule has 0 bridgehead atoms. The molecule has 4 aliphatic carbocycles. The van der Waals surface area contributed by atoms with Gasteiger partial charge in [0.25, 0.3) is 0 Å². The lowest BCUT2D eigenvalue weighted by Crippen LogP contribution is -2.57. The van der Waals surface area contributed by atoms with Gasteiger partial charge in [-0.25, -0.2) is 0 Å². The molecule has 1 heteroatoms. The minimum absolute atomic E-state index is 0.0141. The van der Waals surface area contributed by atoms with E-state index in [0.717, 1.165) is 30.1 Å². The highest BCUT2D eigenvalue weighted by molar-refractivity contribution is 5.08. The Balaban J connectivity index is 1.67. The monoisotopic (exact) mass is 276 g/mol. The normalized spacial score (nSPS) is 58.6. The van der Waals surface area contributed by atoms with Crippen LogP contribution in [0.1, 0.15) is 78.1 Å². The number of fused-ring (bicyclic) bond motifs is 5. The van der Waals surface area contributed by atoms with Crippen LogP contribution in [0.15, 0.2) is 0 Å². The van der Waals surface area contributed by atoms with E-state index in [0.29, 0.717) is 5.41 Å². The highest BCUT2D eigenvalue weighted by Crippen LogP contribution is 2.66. The number of aliphatic hydroxyl groups is 1. The van der Waals surface area contributed by atoms with Crippen molar-refractivity contribution in [2.75, 3.05) is 0 Å². The average molecular weight is 276 g/mol. The molecule has 4 fully saturated rings. The lowest BCUT2D eigenvalue weighted by atomic mass is 9.45. The molecular formula is C19H32O. The zero-order chi connectivity index (χ0) is 14.0. The van der Waals surface area contributed by atoms with Crippen LogP contribution < -0.4 is 0 Å².